The lowest BCUT2D eigenvalue weighted by molar-refractivity contribution is 0.254. The van der Waals surface area contributed by atoms with Gasteiger partial charge < -0.3 is 0 Å². The van der Waals surface area contributed by atoms with Crippen molar-refractivity contribution >= 4 is 0 Å². The van der Waals surface area contributed by atoms with Crippen molar-refractivity contribution in [3.05, 3.63) is 5.82 Å². The van der Waals surface area contributed by atoms with Crippen molar-refractivity contribution in [2.45, 2.75) is 13.1 Å². The van der Waals surface area contributed by atoms with E-state index in [4.69, 9.17) is 0 Å². The third-order valence-electron chi connectivity index (χ3n) is 1.71. The molecule has 0 amide bonds. The summed E-state index contributed by atoms with van der Waals surface area (Å²) in [5.74, 6) is 0.966. The van der Waals surface area contributed by atoms with E-state index in [1.807, 2.05) is 4.68 Å². The van der Waals surface area contributed by atoms with Gasteiger partial charge in [0.25, 0.3) is 0 Å². The van der Waals surface area contributed by atoms with Crippen molar-refractivity contribution in [2.24, 2.45) is 0 Å². The first kappa shape index (κ1) is 5.79. The summed E-state index contributed by atoms with van der Waals surface area (Å²) in [5, 5.41) is 11.3. The number of rotatable bonds is 0. The first-order valence-corrected chi connectivity index (χ1v) is 3.30. The lowest BCUT2D eigenvalue weighted by Crippen LogP contribution is -2.30. The van der Waals surface area contributed by atoms with E-state index in [-0.39, 0.29) is 0 Å². The molecule has 0 aromatic carbocycles. The summed E-state index contributed by atoms with van der Waals surface area (Å²) in [7, 11) is 2.07. The second-order valence-corrected chi connectivity index (χ2v) is 2.56. The molecule has 5 nitrogen and oxygen atoms in total. The zero-order chi connectivity index (χ0) is 6.97. The average molecular weight is 139 g/mol. The van der Waals surface area contributed by atoms with Crippen LogP contribution in [-0.4, -0.2) is 38.7 Å². The van der Waals surface area contributed by atoms with Gasteiger partial charge in [0.1, 0.15) is 0 Å². The summed E-state index contributed by atoms with van der Waals surface area (Å²) < 4.78 is 1.85. The second kappa shape index (κ2) is 2.02. The van der Waals surface area contributed by atoms with E-state index in [1.165, 1.54) is 0 Å². The van der Waals surface area contributed by atoms with Crippen molar-refractivity contribution < 1.29 is 0 Å². The third-order valence-corrected chi connectivity index (χ3v) is 1.71. The second-order valence-electron chi connectivity index (χ2n) is 2.56. The molecule has 54 valence electrons. The van der Waals surface area contributed by atoms with Gasteiger partial charge in [-0.25, -0.2) is 4.68 Å². The van der Waals surface area contributed by atoms with Gasteiger partial charge in [-0.05, 0) is 17.5 Å². The predicted octanol–water partition coefficient (Wildman–Crippen LogP) is -0.882. The fourth-order valence-corrected chi connectivity index (χ4v) is 1.10. The molecule has 0 N–H and O–H groups in total. The van der Waals surface area contributed by atoms with Crippen LogP contribution in [0, 0.1) is 0 Å². The number of fused-ring (bicyclic) bond motifs is 1. The van der Waals surface area contributed by atoms with Gasteiger partial charge in [0.15, 0.2) is 5.82 Å². The van der Waals surface area contributed by atoms with Crippen molar-refractivity contribution in [1.82, 2.24) is 25.1 Å². The van der Waals surface area contributed by atoms with E-state index in [1.54, 1.807) is 0 Å². The monoisotopic (exact) mass is 139 g/mol. The summed E-state index contributed by atoms with van der Waals surface area (Å²) in [6.07, 6.45) is 0. The molecule has 0 aliphatic carbocycles. The van der Waals surface area contributed by atoms with Gasteiger partial charge in [0.2, 0.25) is 0 Å². The van der Waals surface area contributed by atoms with Gasteiger partial charge >= 0.3 is 0 Å². The molecule has 0 bridgehead atoms. The van der Waals surface area contributed by atoms with Crippen LogP contribution in [0.25, 0.3) is 0 Å². The summed E-state index contributed by atoms with van der Waals surface area (Å²) in [4.78, 5) is 2.20. The molecule has 0 spiro atoms. The molecule has 0 fully saturated rings. The van der Waals surface area contributed by atoms with Crippen molar-refractivity contribution in [1.29, 1.82) is 0 Å². The topological polar surface area (TPSA) is 46.8 Å². The quantitative estimate of drug-likeness (QED) is 0.468. The Kier molecular flexibility index (Phi) is 1.17. The molecule has 1 aliphatic rings. The Morgan fingerprint density at radius 3 is 3.20 bits per heavy atom. The minimum absolute atomic E-state index is 0.868. The normalized spacial score (nSPS) is 18.9. The maximum absolute atomic E-state index is 3.87. The molecule has 0 atom stereocenters. The maximum atomic E-state index is 3.87. The highest BCUT2D eigenvalue weighted by Gasteiger charge is 2.14. The van der Waals surface area contributed by atoms with Crippen LogP contribution in [-0.2, 0) is 13.1 Å². The molecule has 0 saturated carbocycles. The highest BCUT2D eigenvalue weighted by Crippen LogP contribution is 2.03. The van der Waals surface area contributed by atoms with Gasteiger partial charge in [-0.15, -0.1) is 5.10 Å². The Morgan fingerprint density at radius 2 is 2.30 bits per heavy atom. The summed E-state index contributed by atoms with van der Waals surface area (Å²) in [6, 6.07) is 0. The van der Waals surface area contributed by atoms with Crippen LogP contribution in [0.1, 0.15) is 5.82 Å². The first-order chi connectivity index (χ1) is 4.86. The Hall–Kier alpha value is -0.970. The molecule has 10 heavy (non-hydrogen) atoms. The number of aromatic nitrogens is 4. The van der Waals surface area contributed by atoms with Gasteiger partial charge in [-0.1, -0.05) is 0 Å². The molecule has 0 saturated heterocycles. The number of tetrazole rings is 1. The van der Waals surface area contributed by atoms with E-state index in [0.29, 0.717) is 0 Å². The molecule has 1 aliphatic heterocycles. The van der Waals surface area contributed by atoms with Crippen molar-refractivity contribution in [3.63, 3.8) is 0 Å². The van der Waals surface area contributed by atoms with Crippen LogP contribution in [0.2, 0.25) is 0 Å². The molecule has 1 aromatic heterocycles. The van der Waals surface area contributed by atoms with Crippen LogP contribution in [0.3, 0.4) is 0 Å². The molecule has 5 heteroatoms. The summed E-state index contributed by atoms with van der Waals surface area (Å²) >= 11 is 0. The zero-order valence-corrected chi connectivity index (χ0v) is 5.86. The lowest BCUT2D eigenvalue weighted by Gasteiger charge is -2.20. The zero-order valence-electron chi connectivity index (χ0n) is 5.86. The van der Waals surface area contributed by atoms with Gasteiger partial charge in [0, 0.05) is 6.54 Å². The minimum Gasteiger partial charge on any atom is -0.297 e. The molecule has 0 unspecified atom stereocenters. The smallest absolute Gasteiger partial charge is 0.165 e. The van der Waals surface area contributed by atoms with Gasteiger partial charge in [0.05, 0.1) is 13.1 Å². The van der Waals surface area contributed by atoms with Crippen LogP contribution in [0.15, 0.2) is 0 Å². The van der Waals surface area contributed by atoms with Gasteiger partial charge in [-0.3, -0.25) is 4.90 Å². The molecular formula is C5H9N5. The standard InChI is InChI=1S/C5H9N5/c1-9-2-3-10-5(4-9)6-7-8-10/h2-4H2,1H3. The van der Waals surface area contributed by atoms with E-state index in [0.717, 1.165) is 25.5 Å². The fraction of sp³-hybridized carbons (Fsp3) is 0.800. The van der Waals surface area contributed by atoms with Crippen molar-refractivity contribution in [3.8, 4) is 0 Å². The number of hydrogen-bond donors (Lipinski definition) is 0. The van der Waals surface area contributed by atoms with Crippen molar-refractivity contribution in [2.75, 3.05) is 13.6 Å². The Morgan fingerprint density at radius 1 is 1.40 bits per heavy atom. The minimum atomic E-state index is 0.868. The van der Waals surface area contributed by atoms with E-state index in [9.17, 15) is 0 Å². The number of likely N-dealkylation sites (N-methyl/N-ethyl adjacent to an activating group) is 1. The van der Waals surface area contributed by atoms with Crippen LogP contribution < -0.4 is 0 Å². The first-order valence-electron chi connectivity index (χ1n) is 3.30. The SMILES string of the molecule is CN1CCn2nnnc2C1. The highest BCUT2D eigenvalue weighted by atomic mass is 15.6. The lowest BCUT2D eigenvalue weighted by atomic mass is 10.4. The van der Waals surface area contributed by atoms with Crippen LogP contribution >= 0.6 is 0 Å². The third kappa shape index (κ3) is 0.786. The average Bonchev–Trinajstić information content (AvgIpc) is 2.33. The largest absolute Gasteiger partial charge is 0.297 e. The molecule has 0 radical (unpaired) electrons. The van der Waals surface area contributed by atoms with E-state index < -0.39 is 0 Å². The summed E-state index contributed by atoms with van der Waals surface area (Å²) in [6.45, 7) is 2.82. The number of hydrogen-bond acceptors (Lipinski definition) is 4. The predicted molar refractivity (Wildman–Crippen MR) is 34.2 cm³/mol. The van der Waals surface area contributed by atoms with E-state index in [2.05, 4.69) is 27.5 Å². The fourth-order valence-electron chi connectivity index (χ4n) is 1.10. The van der Waals surface area contributed by atoms with Crippen LogP contribution in [0.5, 0.6) is 0 Å². The molecule has 2 heterocycles. The number of nitrogens with zero attached hydrogens (tertiary/aromatic N) is 5. The van der Waals surface area contributed by atoms with Gasteiger partial charge in [-0.2, -0.15) is 0 Å². The molecular weight excluding hydrogens is 130 g/mol. The van der Waals surface area contributed by atoms with Crippen LogP contribution in [0.4, 0.5) is 0 Å². The van der Waals surface area contributed by atoms with E-state index >= 15 is 0 Å². The molecule has 1 aromatic rings. The Labute approximate surface area is 58.6 Å². The Balaban J connectivity index is 2.30. The highest BCUT2D eigenvalue weighted by molar-refractivity contribution is 4.83. The maximum Gasteiger partial charge on any atom is 0.165 e. The summed E-state index contributed by atoms with van der Waals surface area (Å²) in [5.41, 5.74) is 0. The molecule has 2 rings (SSSR count). The Bertz CT molecular complexity index is 230.